The summed E-state index contributed by atoms with van der Waals surface area (Å²) in [5.41, 5.74) is -0.576. The van der Waals surface area contributed by atoms with Crippen LogP contribution >= 0.6 is 0 Å². The van der Waals surface area contributed by atoms with Gasteiger partial charge in [-0.15, -0.1) is 0 Å². The van der Waals surface area contributed by atoms with Crippen LogP contribution in [0.1, 0.15) is 46.0 Å². The summed E-state index contributed by atoms with van der Waals surface area (Å²) in [7, 11) is 0. The maximum Gasteiger partial charge on any atom is 0.236 e. The van der Waals surface area contributed by atoms with Gasteiger partial charge in [-0.25, -0.2) is 0 Å². The van der Waals surface area contributed by atoms with Gasteiger partial charge in [0.2, 0.25) is 5.91 Å². The molecule has 0 bridgehead atoms. The van der Waals surface area contributed by atoms with Gasteiger partial charge in [-0.1, -0.05) is 6.42 Å². The second kappa shape index (κ2) is 4.07. The molecular weight excluding hydrogens is 226 g/mol. The summed E-state index contributed by atoms with van der Waals surface area (Å²) in [6.45, 7) is 5.48. The fourth-order valence-electron chi connectivity index (χ4n) is 5.09. The Morgan fingerprint density at radius 1 is 1.22 bits per heavy atom. The highest BCUT2D eigenvalue weighted by atomic mass is 16.2. The van der Waals surface area contributed by atoms with E-state index >= 15 is 0 Å². The third kappa shape index (κ3) is 1.20. The number of ketones is 1. The number of rotatable bonds is 3. The zero-order valence-corrected chi connectivity index (χ0v) is 11.4. The van der Waals surface area contributed by atoms with Crippen LogP contribution in [0.15, 0.2) is 0 Å². The Hall–Kier alpha value is -0.860. The number of hydrogen-bond donors (Lipinski definition) is 0. The van der Waals surface area contributed by atoms with Gasteiger partial charge in [-0.3, -0.25) is 9.59 Å². The fraction of sp³-hybridized carbons (Fsp3) is 0.867. The van der Waals surface area contributed by atoms with Gasteiger partial charge >= 0.3 is 0 Å². The van der Waals surface area contributed by atoms with E-state index in [1.165, 1.54) is 12.8 Å². The molecule has 0 heterocycles. The number of carbonyl (C=O) groups excluding carboxylic acids is 2. The van der Waals surface area contributed by atoms with Crippen LogP contribution in [-0.2, 0) is 9.59 Å². The van der Waals surface area contributed by atoms with Crippen molar-refractivity contribution in [2.45, 2.75) is 46.0 Å². The number of hydrogen-bond acceptors (Lipinski definition) is 2. The molecule has 0 aliphatic heterocycles. The smallest absolute Gasteiger partial charge is 0.236 e. The van der Waals surface area contributed by atoms with E-state index in [9.17, 15) is 9.59 Å². The third-order valence-corrected chi connectivity index (χ3v) is 5.80. The van der Waals surface area contributed by atoms with Crippen molar-refractivity contribution in [2.24, 2.45) is 23.2 Å². The predicted molar refractivity (Wildman–Crippen MR) is 68.9 cm³/mol. The van der Waals surface area contributed by atoms with Crippen molar-refractivity contribution in [1.29, 1.82) is 0 Å². The van der Waals surface area contributed by atoms with Crippen LogP contribution in [0.5, 0.6) is 0 Å². The lowest BCUT2D eigenvalue weighted by atomic mass is 9.48. The van der Waals surface area contributed by atoms with Crippen LogP contribution in [-0.4, -0.2) is 29.7 Å². The second-order valence-electron chi connectivity index (χ2n) is 6.12. The van der Waals surface area contributed by atoms with E-state index in [2.05, 4.69) is 0 Å². The third-order valence-electron chi connectivity index (χ3n) is 5.80. The first-order chi connectivity index (χ1) is 8.67. The zero-order valence-electron chi connectivity index (χ0n) is 11.4. The Balaban J connectivity index is 1.95. The number of amides is 1. The van der Waals surface area contributed by atoms with Crippen LogP contribution in [0.2, 0.25) is 0 Å². The van der Waals surface area contributed by atoms with E-state index in [0.717, 1.165) is 25.9 Å². The Bertz CT molecular complexity index is 380. The zero-order chi connectivity index (χ0) is 12.9. The van der Waals surface area contributed by atoms with Crippen LogP contribution in [0.25, 0.3) is 0 Å². The van der Waals surface area contributed by atoms with Gasteiger partial charge in [0.1, 0.15) is 11.2 Å². The van der Waals surface area contributed by atoms with Crippen LogP contribution in [0, 0.1) is 23.2 Å². The van der Waals surface area contributed by atoms with Gasteiger partial charge in [-0.2, -0.15) is 0 Å². The van der Waals surface area contributed by atoms with Crippen molar-refractivity contribution in [3.8, 4) is 0 Å². The first kappa shape index (κ1) is 12.2. The highest BCUT2D eigenvalue weighted by Crippen LogP contribution is 2.68. The second-order valence-corrected chi connectivity index (χ2v) is 6.12. The molecule has 3 rings (SSSR count). The molecule has 3 aliphatic carbocycles. The van der Waals surface area contributed by atoms with E-state index in [4.69, 9.17) is 0 Å². The molecule has 4 unspecified atom stereocenters. The van der Waals surface area contributed by atoms with E-state index < -0.39 is 5.41 Å². The molecule has 0 spiro atoms. The Morgan fingerprint density at radius 2 is 1.89 bits per heavy atom. The topological polar surface area (TPSA) is 37.4 Å². The lowest BCUT2D eigenvalue weighted by Gasteiger charge is -2.54. The molecule has 0 aromatic carbocycles. The molecule has 3 nitrogen and oxygen atoms in total. The summed E-state index contributed by atoms with van der Waals surface area (Å²) in [6, 6.07) is 0. The van der Waals surface area contributed by atoms with Crippen LogP contribution in [0.3, 0.4) is 0 Å². The summed E-state index contributed by atoms with van der Waals surface area (Å²) in [5, 5.41) is 0. The number of nitrogens with zero attached hydrogens (tertiary/aromatic N) is 1. The largest absolute Gasteiger partial charge is 0.342 e. The highest BCUT2D eigenvalue weighted by Gasteiger charge is 2.72. The van der Waals surface area contributed by atoms with Crippen molar-refractivity contribution in [1.82, 2.24) is 4.90 Å². The molecule has 3 heteroatoms. The minimum absolute atomic E-state index is 0.156. The Kier molecular flexibility index (Phi) is 2.76. The van der Waals surface area contributed by atoms with E-state index in [0.29, 0.717) is 24.2 Å². The average Bonchev–Trinajstić information content (AvgIpc) is 2.87. The lowest BCUT2D eigenvalue weighted by Crippen LogP contribution is -2.63. The minimum Gasteiger partial charge on any atom is -0.342 e. The molecule has 3 aliphatic rings. The molecule has 0 radical (unpaired) electrons. The fourth-order valence-corrected chi connectivity index (χ4v) is 5.09. The van der Waals surface area contributed by atoms with E-state index in [1.807, 2.05) is 18.7 Å². The Morgan fingerprint density at radius 3 is 2.56 bits per heavy atom. The van der Waals surface area contributed by atoms with E-state index in [-0.39, 0.29) is 11.7 Å². The van der Waals surface area contributed by atoms with E-state index in [1.54, 1.807) is 0 Å². The van der Waals surface area contributed by atoms with Crippen molar-refractivity contribution in [2.75, 3.05) is 13.1 Å². The molecule has 3 saturated carbocycles. The predicted octanol–water partition coefficient (Wildman–Crippen LogP) is 2.25. The summed E-state index contributed by atoms with van der Waals surface area (Å²) in [4.78, 5) is 27.2. The van der Waals surface area contributed by atoms with Crippen molar-refractivity contribution < 1.29 is 9.59 Å². The quantitative estimate of drug-likeness (QED) is 0.719. The maximum atomic E-state index is 12.8. The van der Waals surface area contributed by atoms with Crippen LogP contribution < -0.4 is 0 Å². The summed E-state index contributed by atoms with van der Waals surface area (Å²) >= 11 is 0. The molecule has 1 amide bonds. The monoisotopic (exact) mass is 249 g/mol. The van der Waals surface area contributed by atoms with Crippen molar-refractivity contribution in [3.63, 3.8) is 0 Å². The molecule has 4 atom stereocenters. The lowest BCUT2D eigenvalue weighted by molar-refractivity contribution is -0.173. The molecular formula is C15H23NO2. The van der Waals surface area contributed by atoms with Gasteiger partial charge in [0, 0.05) is 19.5 Å². The van der Waals surface area contributed by atoms with Crippen LogP contribution in [0.4, 0.5) is 0 Å². The van der Waals surface area contributed by atoms with Crippen molar-refractivity contribution in [3.05, 3.63) is 0 Å². The summed E-state index contributed by atoms with van der Waals surface area (Å²) in [5.74, 6) is 1.85. The number of carbonyl (C=O) groups is 2. The first-order valence-corrected chi connectivity index (χ1v) is 7.50. The van der Waals surface area contributed by atoms with Gasteiger partial charge in [0.05, 0.1) is 0 Å². The molecule has 0 saturated heterocycles. The van der Waals surface area contributed by atoms with Gasteiger partial charge in [-0.05, 0) is 50.9 Å². The molecule has 100 valence electrons. The minimum atomic E-state index is -0.576. The Labute approximate surface area is 109 Å². The normalized spacial score (nSPS) is 41.2. The first-order valence-electron chi connectivity index (χ1n) is 7.50. The molecule has 0 aromatic rings. The van der Waals surface area contributed by atoms with Gasteiger partial charge < -0.3 is 4.90 Å². The molecule has 0 N–H and O–H groups in total. The van der Waals surface area contributed by atoms with Gasteiger partial charge in [0.15, 0.2) is 0 Å². The molecule has 0 aromatic heterocycles. The average molecular weight is 249 g/mol. The molecule has 18 heavy (non-hydrogen) atoms. The number of Topliss-reactive ketones (excluding diaryl/α,β-unsaturated/α-hetero) is 1. The van der Waals surface area contributed by atoms with Gasteiger partial charge in [0.25, 0.3) is 0 Å². The maximum absolute atomic E-state index is 12.8. The number of fused-ring (bicyclic) bond motifs is 4. The summed E-state index contributed by atoms with van der Waals surface area (Å²) in [6.07, 6.45) is 5.17. The summed E-state index contributed by atoms with van der Waals surface area (Å²) < 4.78 is 0. The standard InChI is InChI=1S/C15H23NO2/c1-3-16(4-2)14(18)15-11-7-5-6-10(11)12(15)8-9-13(15)17/h10-12H,3-9H2,1-2H3. The SMILES string of the molecule is CCN(CC)C(=O)C12C(=O)CCC1C1CCCC12. The highest BCUT2D eigenvalue weighted by molar-refractivity contribution is 6.09. The van der Waals surface area contributed by atoms with Crippen molar-refractivity contribution >= 4 is 11.7 Å². The molecule has 3 fully saturated rings.